The summed E-state index contributed by atoms with van der Waals surface area (Å²) in [6.45, 7) is 1.96. The molecule has 25 heavy (non-hydrogen) atoms. The molecule has 0 saturated heterocycles. The molecular formula is C22H28N2O. The largest absolute Gasteiger partial charge is 0.352 e. The lowest BCUT2D eigenvalue weighted by molar-refractivity contribution is -0.123. The smallest absolute Gasteiger partial charge is 0.237 e. The molecule has 1 unspecified atom stereocenters. The van der Waals surface area contributed by atoms with Gasteiger partial charge in [0.2, 0.25) is 5.91 Å². The van der Waals surface area contributed by atoms with Crippen molar-refractivity contribution in [3.05, 3.63) is 71.8 Å². The molecule has 3 nitrogen and oxygen atoms in total. The molecule has 2 aromatic rings. The molecule has 1 atom stereocenters. The number of amides is 1. The molecule has 1 aliphatic rings. The first-order valence-electron chi connectivity index (χ1n) is 9.40. The molecule has 0 bridgehead atoms. The average Bonchev–Trinajstić information content (AvgIpc) is 2.68. The van der Waals surface area contributed by atoms with Crippen LogP contribution >= 0.6 is 0 Å². The van der Waals surface area contributed by atoms with Crippen LogP contribution in [-0.4, -0.2) is 18.0 Å². The zero-order valence-corrected chi connectivity index (χ0v) is 14.9. The molecule has 2 N–H and O–H groups in total. The third-order valence-corrected chi connectivity index (χ3v) is 5.03. The van der Waals surface area contributed by atoms with Crippen LogP contribution in [0.4, 0.5) is 0 Å². The minimum absolute atomic E-state index is 0.00880. The van der Waals surface area contributed by atoms with E-state index in [4.69, 9.17) is 0 Å². The maximum absolute atomic E-state index is 12.6. The fraction of sp³-hybridized carbons (Fsp3) is 0.409. The van der Waals surface area contributed by atoms with Gasteiger partial charge in [-0.15, -0.1) is 0 Å². The quantitative estimate of drug-likeness (QED) is 0.830. The summed E-state index contributed by atoms with van der Waals surface area (Å²) in [4.78, 5) is 12.6. The lowest BCUT2D eigenvalue weighted by Gasteiger charge is -2.27. The molecule has 1 fully saturated rings. The summed E-state index contributed by atoms with van der Waals surface area (Å²) in [6, 6.07) is 20.7. The van der Waals surface area contributed by atoms with Crippen LogP contribution in [0.5, 0.6) is 0 Å². The van der Waals surface area contributed by atoms with E-state index in [0.717, 1.165) is 12.8 Å². The third-order valence-electron chi connectivity index (χ3n) is 5.03. The van der Waals surface area contributed by atoms with Crippen molar-refractivity contribution >= 4 is 5.91 Å². The molecular weight excluding hydrogens is 308 g/mol. The SMILES string of the molecule is CC(NC(c1ccccc1)c1ccccc1)C(=O)NC1CCCCC1. The second kappa shape index (κ2) is 8.82. The summed E-state index contributed by atoms with van der Waals surface area (Å²) in [5, 5.41) is 6.75. The first-order valence-corrected chi connectivity index (χ1v) is 9.40. The van der Waals surface area contributed by atoms with Crippen LogP contribution in [0.25, 0.3) is 0 Å². The van der Waals surface area contributed by atoms with Crippen LogP contribution in [0.15, 0.2) is 60.7 Å². The summed E-state index contributed by atoms with van der Waals surface area (Å²) in [7, 11) is 0. The number of hydrogen-bond donors (Lipinski definition) is 2. The van der Waals surface area contributed by atoms with E-state index in [1.165, 1.54) is 30.4 Å². The van der Waals surface area contributed by atoms with Gasteiger partial charge in [-0.1, -0.05) is 79.9 Å². The Morgan fingerprint density at radius 3 is 1.92 bits per heavy atom. The van der Waals surface area contributed by atoms with Crippen LogP contribution in [0, 0.1) is 0 Å². The number of carbonyl (C=O) groups is 1. The Hall–Kier alpha value is -2.13. The third kappa shape index (κ3) is 4.93. The minimum atomic E-state index is -0.243. The second-order valence-electron chi connectivity index (χ2n) is 6.99. The van der Waals surface area contributed by atoms with Gasteiger partial charge in [0.1, 0.15) is 0 Å². The number of nitrogens with one attached hydrogen (secondary N) is 2. The van der Waals surface area contributed by atoms with Crippen molar-refractivity contribution in [3.63, 3.8) is 0 Å². The van der Waals surface area contributed by atoms with Crippen molar-refractivity contribution in [2.75, 3.05) is 0 Å². The maximum atomic E-state index is 12.6. The highest BCUT2D eigenvalue weighted by molar-refractivity contribution is 5.81. The summed E-state index contributed by atoms with van der Waals surface area (Å²) >= 11 is 0. The number of hydrogen-bond acceptors (Lipinski definition) is 2. The second-order valence-corrected chi connectivity index (χ2v) is 6.99. The van der Waals surface area contributed by atoms with Crippen LogP contribution in [-0.2, 0) is 4.79 Å². The van der Waals surface area contributed by atoms with Gasteiger partial charge in [0.15, 0.2) is 0 Å². The van der Waals surface area contributed by atoms with E-state index in [-0.39, 0.29) is 18.0 Å². The molecule has 1 aliphatic carbocycles. The molecule has 3 heteroatoms. The molecule has 132 valence electrons. The zero-order valence-electron chi connectivity index (χ0n) is 14.9. The number of benzene rings is 2. The van der Waals surface area contributed by atoms with Gasteiger partial charge in [0.05, 0.1) is 12.1 Å². The summed E-state index contributed by atoms with van der Waals surface area (Å²) < 4.78 is 0. The Labute approximate surface area is 150 Å². The van der Waals surface area contributed by atoms with Gasteiger partial charge >= 0.3 is 0 Å². The normalized spacial score (nSPS) is 16.6. The zero-order chi connectivity index (χ0) is 17.5. The summed E-state index contributed by atoms with van der Waals surface area (Å²) in [5.41, 5.74) is 2.34. The van der Waals surface area contributed by atoms with Crippen LogP contribution in [0.2, 0.25) is 0 Å². The molecule has 0 radical (unpaired) electrons. The number of carbonyl (C=O) groups excluding carboxylic acids is 1. The average molecular weight is 336 g/mol. The first-order chi connectivity index (χ1) is 12.2. The van der Waals surface area contributed by atoms with Crippen molar-refractivity contribution < 1.29 is 4.79 Å². The first kappa shape index (κ1) is 17.7. The van der Waals surface area contributed by atoms with Gasteiger partial charge in [-0.3, -0.25) is 10.1 Å². The van der Waals surface area contributed by atoms with Crippen LogP contribution in [0.3, 0.4) is 0 Å². The van der Waals surface area contributed by atoms with Gasteiger partial charge < -0.3 is 5.32 Å². The van der Waals surface area contributed by atoms with E-state index >= 15 is 0 Å². The molecule has 3 rings (SSSR count). The summed E-state index contributed by atoms with van der Waals surface area (Å²) in [6.07, 6.45) is 5.97. The predicted molar refractivity (Wildman–Crippen MR) is 102 cm³/mol. The fourth-order valence-corrected chi connectivity index (χ4v) is 3.57. The van der Waals surface area contributed by atoms with E-state index in [1.54, 1.807) is 0 Å². The van der Waals surface area contributed by atoms with Crippen LogP contribution in [0.1, 0.15) is 56.2 Å². The Kier molecular flexibility index (Phi) is 6.24. The monoisotopic (exact) mass is 336 g/mol. The molecule has 0 heterocycles. The van der Waals surface area contributed by atoms with Crippen molar-refractivity contribution in [1.29, 1.82) is 0 Å². The topological polar surface area (TPSA) is 41.1 Å². The van der Waals surface area contributed by atoms with Crippen LogP contribution < -0.4 is 10.6 Å². The van der Waals surface area contributed by atoms with Gasteiger partial charge in [-0.05, 0) is 30.9 Å². The number of rotatable bonds is 6. The molecule has 0 spiro atoms. The van der Waals surface area contributed by atoms with Crippen molar-refractivity contribution in [1.82, 2.24) is 10.6 Å². The highest BCUT2D eigenvalue weighted by atomic mass is 16.2. The Bertz CT molecular complexity index is 611. The van der Waals surface area contributed by atoms with E-state index in [0.29, 0.717) is 6.04 Å². The molecule has 1 amide bonds. The minimum Gasteiger partial charge on any atom is -0.352 e. The van der Waals surface area contributed by atoms with E-state index in [9.17, 15) is 4.79 Å². The lowest BCUT2D eigenvalue weighted by atomic mass is 9.95. The maximum Gasteiger partial charge on any atom is 0.237 e. The molecule has 0 aromatic heterocycles. The Morgan fingerprint density at radius 2 is 1.40 bits per heavy atom. The van der Waals surface area contributed by atoms with E-state index in [2.05, 4.69) is 34.9 Å². The highest BCUT2D eigenvalue weighted by Crippen LogP contribution is 2.23. The van der Waals surface area contributed by atoms with E-state index < -0.39 is 0 Å². The van der Waals surface area contributed by atoms with Crippen molar-refractivity contribution in [2.24, 2.45) is 0 Å². The Balaban J connectivity index is 1.70. The van der Waals surface area contributed by atoms with Gasteiger partial charge in [0.25, 0.3) is 0 Å². The molecule has 0 aliphatic heterocycles. The standard InChI is InChI=1S/C22H28N2O/c1-17(22(25)24-20-15-9-4-10-16-20)23-21(18-11-5-2-6-12-18)19-13-7-3-8-14-19/h2-3,5-8,11-14,17,20-21,23H,4,9-10,15-16H2,1H3,(H,24,25). The summed E-state index contributed by atoms with van der Waals surface area (Å²) in [5.74, 6) is 0.101. The molecule has 1 saturated carbocycles. The van der Waals surface area contributed by atoms with Gasteiger partial charge in [-0.2, -0.15) is 0 Å². The van der Waals surface area contributed by atoms with Gasteiger partial charge in [0, 0.05) is 6.04 Å². The van der Waals surface area contributed by atoms with E-state index in [1.807, 2.05) is 43.3 Å². The lowest BCUT2D eigenvalue weighted by Crippen LogP contribution is -2.47. The van der Waals surface area contributed by atoms with Crippen molar-refractivity contribution in [3.8, 4) is 0 Å². The van der Waals surface area contributed by atoms with Crippen molar-refractivity contribution in [2.45, 2.75) is 57.2 Å². The highest BCUT2D eigenvalue weighted by Gasteiger charge is 2.23. The Morgan fingerprint density at radius 1 is 0.880 bits per heavy atom. The fourth-order valence-electron chi connectivity index (χ4n) is 3.57. The van der Waals surface area contributed by atoms with Gasteiger partial charge in [-0.25, -0.2) is 0 Å². The predicted octanol–water partition coefficient (Wildman–Crippen LogP) is 4.20. The molecule has 2 aromatic carbocycles.